The van der Waals surface area contributed by atoms with E-state index in [0.29, 0.717) is 5.56 Å². The maximum absolute atomic E-state index is 11.8. The number of hydrogen-bond donors (Lipinski definition) is 3. The van der Waals surface area contributed by atoms with E-state index in [9.17, 15) is 20.1 Å². The Morgan fingerprint density at radius 2 is 1.86 bits per heavy atom. The van der Waals surface area contributed by atoms with Crippen molar-refractivity contribution in [2.75, 3.05) is 6.61 Å². The third-order valence-corrected chi connectivity index (χ3v) is 3.50. The second-order valence-electron chi connectivity index (χ2n) is 4.99. The van der Waals surface area contributed by atoms with Crippen molar-refractivity contribution >= 4 is 5.97 Å². The Morgan fingerprint density at radius 3 is 2.48 bits per heavy atom. The Bertz CT molecular complexity index is 462. The zero-order valence-electron chi connectivity index (χ0n) is 11.8. The molecule has 0 amide bonds. The fraction of sp³-hybridized carbons (Fsp3) is 0.533. The minimum atomic E-state index is -1.39. The predicted octanol–water partition coefficient (Wildman–Crippen LogP) is 0.162. The monoisotopic (exact) mass is 296 g/mol. The lowest BCUT2D eigenvalue weighted by atomic mass is 9.92. The van der Waals surface area contributed by atoms with Crippen LogP contribution in [-0.4, -0.2) is 52.3 Å². The SMILES string of the molecule is CCOC1C(O)CC(=O)OC(c2ccccc2)C(O)C1O. The van der Waals surface area contributed by atoms with Crippen molar-refractivity contribution in [2.45, 2.75) is 43.9 Å². The van der Waals surface area contributed by atoms with Crippen LogP contribution in [0.1, 0.15) is 25.0 Å². The maximum atomic E-state index is 11.8. The molecule has 1 aromatic rings. The molecule has 0 saturated carbocycles. The largest absolute Gasteiger partial charge is 0.455 e. The number of benzene rings is 1. The van der Waals surface area contributed by atoms with Crippen LogP contribution in [0.3, 0.4) is 0 Å². The van der Waals surface area contributed by atoms with Gasteiger partial charge >= 0.3 is 5.97 Å². The fourth-order valence-electron chi connectivity index (χ4n) is 2.46. The smallest absolute Gasteiger partial charge is 0.309 e. The molecule has 1 aliphatic heterocycles. The first-order valence-corrected chi connectivity index (χ1v) is 6.94. The average molecular weight is 296 g/mol. The molecular weight excluding hydrogens is 276 g/mol. The van der Waals surface area contributed by atoms with Crippen molar-refractivity contribution in [3.05, 3.63) is 35.9 Å². The predicted molar refractivity (Wildman–Crippen MR) is 73.3 cm³/mol. The van der Waals surface area contributed by atoms with Crippen molar-refractivity contribution in [2.24, 2.45) is 0 Å². The lowest BCUT2D eigenvalue weighted by Crippen LogP contribution is -2.51. The van der Waals surface area contributed by atoms with Crippen molar-refractivity contribution in [3.63, 3.8) is 0 Å². The molecule has 0 bridgehead atoms. The Kier molecular flexibility index (Phi) is 5.30. The molecule has 1 heterocycles. The molecule has 6 heteroatoms. The molecule has 116 valence electrons. The number of rotatable bonds is 3. The van der Waals surface area contributed by atoms with Crippen LogP contribution in [0.15, 0.2) is 30.3 Å². The molecule has 6 nitrogen and oxygen atoms in total. The third-order valence-electron chi connectivity index (χ3n) is 3.50. The van der Waals surface area contributed by atoms with Gasteiger partial charge in [-0.05, 0) is 12.5 Å². The van der Waals surface area contributed by atoms with E-state index in [0.717, 1.165) is 0 Å². The highest BCUT2D eigenvalue weighted by Crippen LogP contribution is 2.29. The molecule has 5 unspecified atom stereocenters. The van der Waals surface area contributed by atoms with E-state index in [1.54, 1.807) is 37.3 Å². The highest BCUT2D eigenvalue weighted by Gasteiger charge is 2.42. The first kappa shape index (κ1) is 15.9. The van der Waals surface area contributed by atoms with Gasteiger partial charge in [0.05, 0.1) is 12.5 Å². The molecule has 3 N–H and O–H groups in total. The lowest BCUT2D eigenvalue weighted by molar-refractivity contribution is -0.194. The van der Waals surface area contributed by atoms with Crippen LogP contribution in [-0.2, 0) is 14.3 Å². The van der Waals surface area contributed by atoms with E-state index in [4.69, 9.17) is 9.47 Å². The molecule has 2 rings (SSSR count). The van der Waals surface area contributed by atoms with Gasteiger partial charge in [-0.3, -0.25) is 4.79 Å². The van der Waals surface area contributed by atoms with Gasteiger partial charge in [-0.15, -0.1) is 0 Å². The summed E-state index contributed by atoms with van der Waals surface area (Å²) >= 11 is 0. The number of carbonyl (C=O) groups excluding carboxylic acids is 1. The summed E-state index contributed by atoms with van der Waals surface area (Å²) in [4.78, 5) is 11.8. The van der Waals surface area contributed by atoms with Gasteiger partial charge in [0.1, 0.15) is 18.3 Å². The summed E-state index contributed by atoms with van der Waals surface area (Å²) in [5.74, 6) is -0.646. The molecule has 1 fully saturated rings. The maximum Gasteiger partial charge on any atom is 0.309 e. The summed E-state index contributed by atoms with van der Waals surface area (Å²) in [6, 6.07) is 8.68. The van der Waals surface area contributed by atoms with Crippen LogP contribution < -0.4 is 0 Å². The average Bonchev–Trinajstić information content (AvgIpc) is 2.49. The number of aliphatic hydroxyl groups is 3. The number of carbonyl (C=O) groups is 1. The third kappa shape index (κ3) is 3.59. The molecule has 0 radical (unpaired) electrons. The van der Waals surface area contributed by atoms with Crippen LogP contribution in [0.4, 0.5) is 0 Å². The zero-order chi connectivity index (χ0) is 15.4. The highest BCUT2D eigenvalue weighted by molar-refractivity contribution is 5.70. The Morgan fingerprint density at radius 1 is 1.19 bits per heavy atom. The van der Waals surface area contributed by atoms with E-state index in [-0.39, 0.29) is 13.0 Å². The summed E-state index contributed by atoms with van der Waals surface area (Å²) in [6.07, 6.45) is -6.30. The molecule has 1 aromatic carbocycles. The summed E-state index contributed by atoms with van der Waals surface area (Å²) in [6.45, 7) is 1.95. The van der Waals surface area contributed by atoms with E-state index in [2.05, 4.69) is 0 Å². The van der Waals surface area contributed by atoms with Gasteiger partial charge in [0, 0.05) is 6.61 Å². The van der Waals surface area contributed by atoms with Crippen LogP contribution >= 0.6 is 0 Å². The topological polar surface area (TPSA) is 96.2 Å². The van der Waals surface area contributed by atoms with Gasteiger partial charge < -0.3 is 24.8 Å². The normalized spacial score (nSPS) is 33.9. The van der Waals surface area contributed by atoms with E-state index in [1.165, 1.54) is 0 Å². The highest BCUT2D eigenvalue weighted by atomic mass is 16.6. The van der Waals surface area contributed by atoms with E-state index in [1.807, 2.05) is 0 Å². The Balaban J connectivity index is 2.29. The van der Waals surface area contributed by atoms with Gasteiger partial charge in [0.2, 0.25) is 0 Å². The van der Waals surface area contributed by atoms with Gasteiger partial charge in [0.15, 0.2) is 6.10 Å². The summed E-state index contributed by atoms with van der Waals surface area (Å²) < 4.78 is 10.5. The number of aliphatic hydroxyl groups excluding tert-OH is 3. The van der Waals surface area contributed by atoms with Crippen LogP contribution in [0.2, 0.25) is 0 Å². The summed E-state index contributed by atoms with van der Waals surface area (Å²) in [7, 11) is 0. The first-order chi connectivity index (χ1) is 10.0. The van der Waals surface area contributed by atoms with Crippen LogP contribution in [0.25, 0.3) is 0 Å². The van der Waals surface area contributed by atoms with Gasteiger partial charge in [-0.1, -0.05) is 30.3 Å². The molecule has 5 atom stereocenters. The molecule has 0 aliphatic carbocycles. The number of ether oxygens (including phenoxy) is 2. The van der Waals surface area contributed by atoms with Crippen molar-refractivity contribution in [3.8, 4) is 0 Å². The van der Waals surface area contributed by atoms with E-state index >= 15 is 0 Å². The van der Waals surface area contributed by atoms with Crippen molar-refractivity contribution in [1.82, 2.24) is 0 Å². The molecular formula is C15H20O6. The zero-order valence-corrected chi connectivity index (χ0v) is 11.8. The summed E-state index contributed by atoms with van der Waals surface area (Å²) in [5, 5.41) is 30.5. The van der Waals surface area contributed by atoms with Crippen molar-refractivity contribution < 1.29 is 29.6 Å². The fourth-order valence-corrected chi connectivity index (χ4v) is 2.46. The Labute approximate surface area is 122 Å². The molecule has 1 aliphatic rings. The minimum Gasteiger partial charge on any atom is -0.455 e. The van der Waals surface area contributed by atoms with Crippen LogP contribution in [0, 0.1) is 0 Å². The van der Waals surface area contributed by atoms with Gasteiger partial charge in [-0.2, -0.15) is 0 Å². The van der Waals surface area contributed by atoms with Crippen molar-refractivity contribution in [1.29, 1.82) is 0 Å². The number of cyclic esters (lactones) is 1. The Hall–Kier alpha value is -1.47. The molecule has 0 spiro atoms. The molecule has 1 saturated heterocycles. The quantitative estimate of drug-likeness (QED) is 0.688. The van der Waals surface area contributed by atoms with Gasteiger partial charge in [0.25, 0.3) is 0 Å². The van der Waals surface area contributed by atoms with E-state index < -0.39 is 36.5 Å². The first-order valence-electron chi connectivity index (χ1n) is 6.94. The van der Waals surface area contributed by atoms with Gasteiger partial charge in [-0.25, -0.2) is 0 Å². The second kappa shape index (κ2) is 7.00. The minimum absolute atomic E-state index is 0.247. The number of hydrogen-bond acceptors (Lipinski definition) is 6. The standard InChI is InChI=1S/C15H20O6/c1-2-20-15-10(16)8-11(17)21-14(12(18)13(15)19)9-6-4-3-5-7-9/h3-7,10,12-16,18-19H,2,8H2,1H3. The lowest BCUT2D eigenvalue weighted by Gasteiger charge is -2.36. The van der Waals surface area contributed by atoms with Crippen LogP contribution in [0.5, 0.6) is 0 Å². The summed E-state index contributed by atoms with van der Waals surface area (Å²) in [5.41, 5.74) is 0.573. The molecule has 21 heavy (non-hydrogen) atoms. The number of esters is 1. The molecule has 0 aromatic heterocycles. The second-order valence-corrected chi connectivity index (χ2v) is 4.99.